The number of nitrogens with zero attached hydrogens (tertiary/aromatic N) is 1. The minimum absolute atomic E-state index is 0. The molecule has 0 fully saturated rings. The predicted molar refractivity (Wildman–Crippen MR) is 32.4 cm³/mol. The molecule has 6 heavy (non-hydrogen) atoms. The zero-order valence-corrected chi connectivity index (χ0v) is 5.67. The van der Waals surface area contributed by atoms with Gasteiger partial charge in [-0.2, -0.15) is 0 Å². The first-order chi connectivity index (χ1) is 2.00. The molecule has 0 saturated carbocycles. The van der Waals surface area contributed by atoms with E-state index in [0.29, 0.717) is 0 Å². The number of hydrogen-bond donors (Lipinski definition) is 0. The third-order valence-electron chi connectivity index (χ3n) is 0. The van der Waals surface area contributed by atoms with Gasteiger partial charge in [0.05, 0.1) is 28.2 Å². The normalized spacial score (nSPS) is 10.0. The van der Waals surface area contributed by atoms with E-state index in [2.05, 4.69) is 28.2 Å². The van der Waals surface area contributed by atoms with E-state index in [1.165, 1.54) is 0 Å². The molecule has 1 nitrogen and oxygen atoms in total. The summed E-state index contributed by atoms with van der Waals surface area (Å²) in [7, 11) is 8.50. The highest BCUT2D eigenvalue weighted by molar-refractivity contribution is 7.37. The largest absolute Gasteiger partial charge is 2.00 e. The van der Waals surface area contributed by atoms with Crippen LogP contribution in [0.3, 0.4) is 0 Å². The first-order valence-corrected chi connectivity index (χ1v) is 1.79. The van der Waals surface area contributed by atoms with Crippen LogP contribution in [0.15, 0.2) is 0 Å². The Balaban J connectivity index is -0.0000000800. The summed E-state index contributed by atoms with van der Waals surface area (Å²) < 4.78 is 1.00. The van der Waals surface area contributed by atoms with Gasteiger partial charge in [0.1, 0.15) is 0 Å². The molecule has 0 atom stereocenters. The fraction of sp³-hybridized carbons (Fsp3) is 1.00. The molecule has 0 aromatic carbocycles. The third kappa shape index (κ3) is 491. The van der Waals surface area contributed by atoms with Gasteiger partial charge in [0, 0.05) is 0 Å². The molecule has 0 unspecified atom stereocenters. The minimum Gasteiger partial charge on any atom is -2.00 e. The number of rotatable bonds is 0. The zero-order valence-electron chi connectivity index (χ0n) is 5.86. The molecule has 0 saturated heterocycles. The van der Waals surface area contributed by atoms with Crippen molar-refractivity contribution in [2.24, 2.45) is 0 Å². The lowest BCUT2D eigenvalue weighted by molar-refractivity contribution is -0.849. The van der Waals surface area contributed by atoms with Crippen LogP contribution in [0, 0.1) is 0 Å². The standard InChI is InChI=1S/C4H12N.S/c1-5(2,3)4;/h1-4H3;/q+1;-2/p+1. The quantitative estimate of drug-likeness (QED) is 0.394. The molecule has 0 aromatic rings. The summed E-state index contributed by atoms with van der Waals surface area (Å²) in [6.45, 7) is 0. The second kappa shape index (κ2) is 2.48. The van der Waals surface area contributed by atoms with Crippen LogP contribution in [-0.4, -0.2) is 32.7 Å². The lowest BCUT2D eigenvalue weighted by Gasteiger charge is -2.14. The van der Waals surface area contributed by atoms with Gasteiger partial charge in [-0.05, 0) is 0 Å². The molecule has 40 valence electrons. The average Bonchev–Trinajstić information content (AvgIpc) is 0.722. The van der Waals surface area contributed by atoms with Crippen LogP contribution in [-0.2, 0) is 13.5 Å². The minimum atomic E-state index is 0. The monoisotopic (exact) mass is 107 g/mol. The van der Waals surface area contributed by atoms with Crippen LogP contribution in [0.1, 0.15) is 1.43 Å². The second-order valence-electron chi connectivity index (χ2n) is 2.68. The maximum atomic E-state index is 2.12. The Morgan fingerprint density at radius 2 is 1.00 bits per heavy atom. The van der Waals surface area contributed by atoms with Gasteiger partial charge < -0.3 is 18.0 Å². The van der Waals surface area contributed by atoms with E-state index in [1.807, 2.05) is 0 Å². The molecule has 0 rings (SSSR count). The van der Waals surface area contributed by atoms with E-state index in [0.717, 1.165) is 4.48 Å². The maximum absolute atomic E-state index is 2.12. The van der Waals surface area contributed by atoms with Crippen molar-refractivity contribution in [3.63, 3.8) is 0 Å². The fourth-order valence-corrected chi connectivity index (χ4v) is 0. The molecule has 0 radical (unpaired) electrons. The summed E-state index contributed by atoms with van der Waals surface area (Å²) >= 11 is 0. The molecule has 0 bridgehead atoms. The Bertz CT molecular complexity index is 27.2. The zero-order chi connectivity index (χ0) is 4.50. The van der Waals surface area contributed by atoms with E-state index in [4.69, 9.17) is 0 Å². The van der Waals surface area contributed by atoms with Gasteiger partial charge in [0.25, 0.3) is 0 Å². The van der Waals surface area contributed by atoms with Gasteiger partial charge in [0.15, 0.2) is 0 Å². The molecule has 0 aliphatic rings. The summed E-state index contributed by atoms with van der Waals surface area (Å²) in [5, 5.41) is 0. The van der Waals surface area contributed by atoms with Gasteiger partial charge in [0.2, 0.25) is 0 Å². The van der Waals surface area contributed by atoms with Crippen LogP contribution in [0.5, 0.6) is 0 Å². The van der Waals surface area contributed by atoms with E-state index < -0.39 is 0 Å². The molecular weight excluding hydrogens is 94.1 g/mol. The Morgan fingerprint density at radius 1 is 1.00 bits per heavy atom. The van der Waals surface area contributed by atoms with Crippen LogP contribution < -0.4 is 0 Å². The van der Waals surface area contributed by atoms with Gasteiger partial charge in [-0.15, -0.1) is 0 Å². The second-order valence-corrected chi connectivity index (χ2v) is 2.68. The summed E-state index contributed by atoms with van der Waals surface area (Å²) in [5.41, 5.74) is 0. The maximum Gasteiger partial charge on any atom is 1.00 e. The van der Waals surface area contributed by atoms with Crippen molar-refractivity contribution in [3.05, 3.63) is 0 Å². The highest BCUT2D eigenvalue weighted by Gasteiger charge is 1.88. The Hall–Kier alpha value is 0.310. The van der Waals surface area contributed by atoms with Crippen molar-refractivity contribution in [3.8, 4) is 0 Å². The molecule has 0 aliphatic carbocycles. The molecule has 0 aromatic heterocycles. The van der Waals surface area contributed by atoms with Crippen molar-refractivity contribution in [1.29, 1.82) is 0 Å². The van der Waals surface area contributed by atoms with Gasteiger partial charge in [-0.1, -0.05) is 0 Å². The first-order valence-electron chi connectivity index (χ1n) is 1.79. The highest BCUT2D eigenvalue weighted by atomic mass is 32.1. The number of hydrogen-bond acceptors (Lipinski definition) is 0. The Kier molecular flexibility index (Phi) is 3.95. The predicted octanol–water partition coefficient (Wildman–Crippen LogP) is 0.433. The summed E-state index contributed by atoms with van der Waals surface area (Å²) in [4.78, 5) is 0. The molecule has 0 N–H and O–H groups in total. The van der Waals surface area contributed by atoms with Gasteiger partial charge >= 0.3 is 1.43 Å². The van der Waals surface area contributed by atoms with Gasteiger partial charge in [-0.25, -0.2) is 0 Å². The molecule has 0 spiro atoms. The summed E-state index contributed by atoms with van der Waals surface area (Å²) in [6.07, 6.45) is 0. The molecule has 0 aliphatic heterocycles. The molecule has 2 heteroatoms. The average molecular weight is 107 g/mol. The highest BCUT2D eigenvalue weighted by Crippen LogP contribution is 1.73. The smallest absolute Gasteiger partial charge is 1.00 e. The summed E-state index contributed by atoms with van der Waals surface area (Å²) in [5.74, 6) is 0. The SMILES string of the molecule is C[N+](C)(C)C.[H+].[S-2]. The van der Waals surface area contributed by atoms with Crippen molar-refractivity contribution in [1.82, 2.24) is 0 Å². The molecule has 0 heterocycles. The topological polar surface area (TPSA) is 0 Å². The summed E-state index contributed by atoms with van der Waals surface area (Å²) in [6, 6.07) is 0. The van der Waals surface area contributed by atoms with E-state index in [1.54, 1.807) is 0 Å². The van der Waals surface area contributed by atoms with Crippen LogP contribution in [0.25, 0.3) is 0 Å². The fourth-order valence-electron chi connectivity index (χ4n) is 0. The van der Waals surface area contributed by atoms with Gasteiger partial charge in [-0.3, -0.25) is 0 Å². The van der Waals surface area contributed by atoms with Crippen LogP contribution in [0.4, 0.5) is 0 Å². The van der Waals surface area contributed by atoms with E-state index in [9.17, 15) is 0 Å². The Labute approximate surface area is 48.5 Å². The van der Waals surface area contributed by atoms with Crippen molar-refractivity contribution < 1.29 is 5.91 Å². The van der Waals surface area contributed by atoms with Crippen LogP contribution in [0.2, 0.25) is 0 Å². The Morgan fingerprint density at radius 3 is 1.00 bits per heavy atom. The lowest BCUT2D eigenvalue weighted by Crippen LogP contribution is -2.27. The van der Waals surface area contributed by atoms with E-state index >= 15 is 0 Å². The number of quaternary nitrogens is 1. The van der Waals surface area contributed by atoms with E-state index in [-0.39, 0.29) is 14.9 Å². The molecule has 0 amide bonds. The third-order valence-corrected chi connectivity index (χ3v) is 0. The van der Waals surface area contributed by atoms with Crippen molar-refractivity contribution in [2.75, 3.05) is 28.2 Å². The van der Waals surface area contributed by atoms with Crippen LogP contribution >= 0.6 is 0 Å². The lowest BCUT2D eigenvalue weighted by atomic mass is 10.8. The van der Waals surface area contributed by atoms with Crippen molar-refractivity contribution >= 4 is 13.5 Å². The first kappa shape index (κ1) is 9.58. The molecular formula is C4H13NS. The van der Waals surface area contributed by atoms with Crippen molar-refractivity contribution in [2.45, 2.75) is 0 Å².